The Hall–Kier alpha value is -0.250. The molecule has 2 N–H and O–H groups in total. The highest BCUT2D eigenvalue weighted by atomic mass is 32.2. The lowest BCUT2D eigenvalue weighted by Gasteiger charge is -2.38. The quantitative estimate of drug-likeness (QED) is 0.753. The van der Waals surface area contributed by atoms with E-state index < -0.39 is 16.0 Å². The van der Waals surface area contributed by atoms with E-state index in [9.17, 15) is 8.42 Å². The van der Waals surface area contributed by atoms with E-state index in [2.05, 4.69) is 10.0 Å². The van der Waals surface area contributed by atoms with Gasteiger partial charge in [0.2, 0.25) is 0 Å². The van der Waals surface area contributed by atoms with E-state index in [1.165, 1.54) is 4.31 Å². The van der Waals surface area contributed by atoms with Gasteiger partial charge >= 0.3 is 0 Å². The normalized spacial score (nSPS) is 34.3. The van der Waals surface area contributed by atoms with E-state index in [0.29, 0.717) is 39.1 Å². The first-order valence-electron chi connectivity index (χ1n) is 7.80. The molecule has 3 rings (SSSR count). The number of rotatable bonds is 3. The van der Waals surface area contributed by atoms with Crippen molar-refractivity contribution < 1.29 is 17.9 Å². The third-order valence-electron chi connectivity index (χ3n) is 4.70. The molecule has 122 valence electrons. The molecule has 0 aliphatic carbocycles. The molecular formula is C13H25N3O4S. The maximum absolute atomic E-state index is 12.5. The molecule has 0 saturated carbocycles. The Labute approximate surface area is 126 Å². The summed E-state index contributed by atoms with van der Waals surface area (Å²) >= 11 is 0. The van der Waals surface area contributed by atoms with Crippen LogP contribution in [0.4, 0.5) is 0 Å². The van der Waals surface area contributed by atoms with Gasteiger partial charge in [-0.05, 0) is 26.3 Å². The predicted molar refractivity (Wildman–Crippen MR) is 78.0 cm³/mol. The minimum atomic E-state index is -3.43. The van der Waals surface area contributed by atoms with Crippen LogP contribution in [0.3, 0.4) is 0 Å². The van der Waals surface area contributed by atoms with Crippen molar-refractivity contribution in [2.24, 2.45) is 0 Å². The molecule has 0 aromatic rings. The smallest absolute Gasteiger partial charge is 0.279 e. The zero-order chi connectivity index (χ0) is 14.9. The molecule has 3 aliphatic rings. The van der Waals surface area contributed by atoms with Crippen molar-refractivity contribution in [1.29, 1.82) is 0 Å². The summed E-state index contributed by atoms with van der Waals surface area (Å²) in [4.78, 5) is 0. The van der Waals surface area contributed by atoms with Crippen LogP contribution in [0, 0.1) is 0 Å². The van der Waals surface area contributed by atoms with Crippen LogP contribution >= 0.6 is 0 Å². The van der Waals surface area contributed by atoms with Crippen molar-refractivity contribution >= 4 is 10.2 Å². The summed E-state index contributed by atoms with van der Waals surface area (Å²) in [5.41, 5.74) is 0. The monoisotopic (exact) mass is 319 g/mol. The number of nitrogens with one attached hydrogen (secondary N) is 2. The first-order chi connectivity index (χ1) is 10.0. The SMILES string of the molecule is CC1NCCCC1NS(=O)(=O)N1CCC2(CC1)OCCO2. The Morgan fingerprint density at radius 2 is 1.90 bits per heavy atom. The summed E-state index contributed by atoms with van der Waals surface area (Å²) < 4.78 is 40.7. The minimum Gasteiger partial charge on any atom is -0.347 e. The van der Waals surface area contributed by atoms with E-state index in [-0.39, 0.29) is 12.1 Å². The summed E-state index contributed by atoms with van der Waals surface area (Å²) in [7, 11) is -3.43. The fourth-order valence-corrected chi connectivity index (χ4v) is 4.84. The molecule has 0 bridgehead atoms. The Balaban J connectivity index is 1.58. The summed E-state index contributed by atoms with van der Waals surface area (Å²) in [6.45, 7) is 5.10. The van der Waals surface area contributed by atoms with E-state index in [1.807, 2.05) is 6.92 Å². The first-order valence-corrected chi connectivity index (χ1v) is 9.24. The Kier molecular flexibility index (Phi) is 4.54. The second-order valence-corrected chi connectivity index (χ2v) is 7.82. The lowest BCUT2D eigenvalue weighted by Crippen LogP contribution is -2.57. The van der Waals surface area contributed by atoms with Crippen LogP contribution in [-0.4, -0.2) is 63.4 Å². The number of ether oxygens (including phenoxy) is 2. The molecule has 0 aromatic carbocycles. The average molecular weight is 319 g/mol. The van der Waals surface area contributed by atoms with Gasteiger partial charge in [-0.2, -0.15) is 17.4 Å². The highest BCUT2D eigenvalue weighted by Crippen LogP contribution is 2.32. The molecule has 21 heavy (non-hydrogen) atoms. The maximum atomic E-state index is 12.5. The second kappa shape index (κ2) is 6.10. The zero-order valence-corrected chi connectivity index (χ0v) is 13.3. The van der Waals surface area contributed by atoms with Crippen LogP contribution in [0.2, 0.25) is 0 Å². The molecule has 3 fully saturated rings. The van der Waals surface area contributed by atoms with Crippen LogP contribution in [-0.2, 0) is 19.7 Å². The average Bonchev–Trinajstić information content (AvgIpc) is 2.90. The van der Waals surface area contributed by atoms with Crippen LogP contribution in [0.5, 0.6) is 0 Å². The molecule has 2 atom stereocenters. The number of hydrogen-bond donors (Lipinski definition) is 2. The maximum Gasteiger partial charge on any atom is 0.279 e. The van der Waals surface area contributed by atoms with Crippen molar-refractivity contribution in [2.75, 3.05) is 32.8 Å². The Morgan fingerprint density at radius 3 is 2.52 bits per heavy atom. The minimum absolute atomic E-state index is 0.0291. The zero-order valence-electron chi connectivity index (χ0n) is 12.5. The molecule has 3 aliphatic heterocycles. The lowest BCUT2D eigenvalue weighted by atomic mass is 10.0. The second-order valence-electron chi connectivity index (χ2n) is 6.12. The van der Waals surface area contributed by atoms with Gasteiger partial charge in [0, 0.05) is 38.0 Å². The number of nitrogens with zero attached hydrogens (tertiary/aromatic N) is 1. The molecule has 0 radical (unpaired) electrons. The molecule has 0 aromatic heterocycles. The molecule has 0 amide bonds. The van der Waals surface area contributed by atoms with Gasteiger partial charge in [-0.25, -0.2) is 0 Å². The van der Waals surface area contributed by atoms with Gasteiger partial charge in [-0.3, -0.25) is 0 Å². The van der Waals surface area contributed by atoms with Gasteiger partial charge in [-0.1, -0.05) is 0 Å². The third kappa shape index (κ3) is 3.40. The number of piperidine rings is 2. The van der Waals surface area contributed by atoms with Crippen molar-refractivity contribution in [3.05, 3.63) is 0 Å². The van der Waals surface area contributed by atoms with Crippen LogP contribution in [0.15, 0.2) is 0 Å². The fraction of sp³-hybridized carbons (Fsp3) is 1.00. The van der Waals surface area contributed by atoms with Gasteiger partial charge in [0.1, 0.15) is 0 Å². The van der Waals surface area contributed by atoms with E-state index in [0.717, 1.165) is 19.4 Å². The highest BCUT2D eigenvalue weighted by molar-refractivity contribution is 7.87. The fourth-order valence-electron chi connectivity index (χ4n) is 3.32. The van der Waals surface area contributed by atoms with Gasteiger partial charge in [0.15, 0.2) is 5.79 Å². The van der Waals surface area contributed by atoms with Crippen molar-refractivity contribution in [3.63, 3.8) is 0 Å². The van der Waals surface area contributed by atoms with Crippen LogP contribution < -0.4 is 10.0 Å². The largest absolute Gasteiger partial charge is 0.347 e. The lowest BCUT2D eigenvalue weighted by molar-refractivity contribution is -0.179. The van der Waals surface area contributed by atoms with Gasteiger partial charge in [0.05, 0.1) is 13.2 Å². The summed E-state index contributed by atoms with van der Waals surface area (Å²) in [5, 5.41) is 3.31. The molecule has 7 nitrogen and oxygen atoms in total. The standard InChI is InChI=1S/C13H25N3O4S/c1-11-12(3-2-6-14-11)15-21(17,18)16-7-4-13(5-8-16)19-9-10-20-13/h11-12,14-15H,2-10H2,1H3. The molecule has 1 spiro atoms. The van der Waals surface area contributed by atoms with Crippen molar-refractivity contribution in [2.45, 2.75) is 50.5 Å². The van der Waals surface area contributed by atoms with Gasteiger partial charge in [0.25, 0.3) is 10.2 Å². The summed E-state index contributed by atoms with van der Waals surface area (Å²) in [6.07, 6.45) is 3.10. The topological polar surface area (TPSA) is 79.9 Å². The molecule has 2 unspecified atom stereocenters. The molecular weight excluding hydrogens is 294 g/mol. The van der Waals surface area contributed by atoms with Crippen molar-refractivity contribution in [3.8, 4) is 0 Å². The first kappa shape index (κ1) is 15.6. The van der Waals surface area contributed by atoms with Crippen LogP contribution in [0.25, 0.3) is 0 Å². The van der Waals surface area contributed by atoms with E-state index in [1.54, 1.807) is 0 Å². The number of hydrogen-bond acceptors (Lipinski definition) is 5. The Morgan fingerprint density at radius 1 is 1.24 bits per heavy atom. The van der Waals surface area contributed by atoms with Gasteiger partial charge < -0.3 is 14.8 Å². The van der Waals surface area contributed by atoms with Crippen LogP contribution in [0.1, 0.15) is 32.6 Å². The van der Waals surface area contributed by atoms with E-state index in [4.69, 9.17) is 9.47 Å². The van der Waals surface area contributed by atoms with Gasteiger partial charge in [-0.15, -0.1) is 0 Å². The predicted octanol–water partition coefficient (Wildman–Crippen LogP) is -0.200. The summed E-state index contributed by atoms with van der Waals surface area (Å²) in [5.74, 6) is -0.536. The van der Waals surface area contributed by atoms with Crippen molar-refractivity contribution in [1.82, 2.24) is 14.3 Å². The molecule has 3 saturated heterocycles. The third-order valence-corrected chi connectivity index (χ3v) is 6.35. The van der Waals surface area contributed by atoms with E-state index >= 15 is 0 Å². The molecule has 8 heteroatoms. The Bertz CT molecular complexity index is 454. The molecule has 3 heterocycles. The summed E-state index contributed by atoms with van der Waals surface area (Å²) in [6, 6.07) is 0.143. The highest BCUT2D eigenvalue weighted by Gasteiger charge is 2.42.